The van der Waals surface area contributed by atoms with Crippen LogP contribution in [0.4, 0.5) is 10.8 Å². The number of nitrogens with one attached hydrogen (secondary N) is 1. The summed E-state index contributed by atoms with van der Waals surface area (Å²) in [5.74, 6) is 0.156. The molecule has 1 atom stereocenters. The van der Waals surface area contributed by atoms with Crippen molar-refractivity contribution in [2.75, 3.05) is 21.6 Å². The van der Waals surface area contributed by atoms with Crippen LogP contribution in [0.1, 0.15) is 12.5 Å². The lowest BCUT2D eigenvalue weighted by molar-refractivity contribution is -0.116. The van der Waals surface area contributed by atoms with Gasteiger partial charge in [-0.2, -0.15) is 0 Å². The number of thioether (sulfide) groups is 1. The Morgan fingerprint density at radius 2 is 2.19 bits per heavy atom. The van der Waals surface area contributed by atoms with Crippen LogP contribution < -0.4 is 9.62 Å². The summed E-state index contributed by atoms with van der Waals surface area (Å²) in [6.45, 7) is 6.94. The number of rotatable bonds is 8. The second-order valence-electron chi connectivity index (χ2n) is 5.63. The van der Waals surface area contributed by atoms with Crippen molar-refractivity contribution in [1.82, 2.24) is 10.2 Å². The molecular weight excluding hydrogens is 428 g/mol. The maximum Gasteiger partial charge on any atom is 0.249 e. The summed E-state index contributed by atoms with van der Waals surface area (Å²) in [7, 11) is -3.72. The molecule has 1 aromatic carbocycles. The molecule has 2 rings (SSSR count). The number of aryl methyl sites for hydroxylation is 1. The molecule has 0 aliphatic rings. The predicted octanol–water partition coefficient (Wildman–Crippen LogP) is 3.57. The van der Waals surface area contributed by atoms with Crippen LogP contribution in [0.5, 0.6) is 0 Å². The number of nitrogens with zero attached hydrogens (tertiary/aromatic N) is 3. The molecule has 0 saturated heterocycles. The fourth-order valence-corrected chi connectivity index (χ4v) is 5.04. The third-order valence-corrected chi connectivity index (χ3v) is 7.08. The van der Waals surface area contributed by atoms with Crippen molar-refractivity contribution in [3.8, 4) is 0 Å². The van der Waals surface area contributed by atoms with Gasteiger partial charge in [0.15, 0.2) is 4.34 Å². The summed E-state index contributed by atoms with van der Waals surface area (Å²) in [5.41, 5.74) is 1.12. The molecule has 7 nitrogen and oxygen atoms in total. The highest BCUT2D eigenvalue weighted by molar-refractivity contribution is 8.01. The van der Waals surface area contributed by atoms with E-state index in [0.29, 0.717) is 25.9 Å². The average Bonchev–Trinajstić information content (AvgIpc) is 3.02. The summed E-state index contributed by atoms with van der Waals surface area (Å²) in [5, 5.41) is 11.2. The Hall–Kier alpha value is -1.62. The molecule has 1 N–H and O–H groups in total. The highest BCUT2D eigenvalue weighted by Crippen LogP contribution is 2.28. The van der Waals surface area contributed by atoms with Gasteiger partial charge in [0.1, 0.15) is 6.04 Å². The summed E-state index contributed by atoms with van der Waals surface area (Å²) in [6.07, 6.45) is 2.78. The van der Waals surface area contributed by atoms with E-state index in [2.05, 4.69) is 22.1 Å². The summed E-state index contributed by atoms with van der Waals surface area (Å²) >= 11 is 8.77. The van der Waals surface area contributed by atoms with Gasteiger partial charge in [0.25, 0.3) is 0 Å². The van der Waals surface area contributed by atoms with E-state index in [1.807, 2.05) is 6.92 Å². The molecule has 0 saturated carbocycles. The lowest BCUT2D eigenvalue weighted by Crippen LogP contribution is -2.45. The number of benzene rings is 1. The van der Waals surface area contributed by atoms with Gasteiger partial charge in [0.05, 0.1) is 11.9 Å². The third-order valence-electron chi connectivity index (χ3n) is 3.46. The normalized spacial score (nSPS) is 12.4. The Bertz CT molecular complexity index is 946. The van der Waals surface area contributed by atoms with E-state index in [9.17, 15) is 13.2 Å². The van der Waals surface area contributed by atoms with Crippen LogP contribution in [0.3, 0.4) is 0 Å². The number of hydrogen-bond donors (Lipinski definition) is 1. The molecule has 27 heavy (non-hydrogen) atoms. The van der Waals surface area contributed by atoms with E-state index in [4.69, 9.17) is 11.6 Å². The zero-order valence-corrected chi connectivity index (χ0v) is 18.2. The molecule has 1 amide bonds. The SMILES string of the molecule is C=CCSc1nnc(NC(=O)C(C)N(c2ccc(C)c(Cl)c2)S(C)(=O)=O)s1. The fourth-order valence-electron chi connectivity index (χ4n) is 2.19. The van der Waals surface area contributed by atoms with Crippen molar-refractivity contribution in [2.24, 2.45) is 0 Å². The highest BCUT2D eigenvalue weighted by atomic mass is 35.5. The van der Waals surface area contributed by atoms with Crippen LogP contribution in [0.2, 0.25) is 5.02 Å². The number of hydrogen-bond acceptors (Lipinski definition) is 7. The molecule has 0 spiro atoms. The van der Waals surface area contributed by atoms with Gasteiger partial charge < -0.3 is 0 Å². The van der Waals surface area contributed by atoms with Gasteiger partial charge in [0, 0.05) is 10.8 Å². The second-order valence-corrected chi connectivity index (χ2v) is 10.1. The molecule has 0 radical (unpaired) electrons. The Labute approximate surface area is 171 Å². The number of anilines is 2. The van der Waals surface area contributed by atoms with Crippen molar-refractivity contribution in [2.45, 2.75) is 24.2 Å². The van der Waals surface area contributed by atoms with E-state index in [1.165, 1.54) is 36.1 Å². The Morgan fingerprint density at radius 3 is 2.78 bits per heavy atom. The van der Waals surface area contributed by atoms with Gasteiger partial charge in [-0.3, -0.25) is 14.4 Å². The minimum atomic E-state index is -3.72. The number of aromatic nitrogens is 2. The van der Waals surface area contributed by atoms with Crippen LogP contribution in [0.15, 0.2) is 35.2 Å². The molecule has 2 aromatic rings. The first-order valence-corrected chi connectivity index (χ1v) is 11.8. The molecule has 146 valence electrons. The van der Waals surface area contributed by atoms with Crippen molar-refractivity contribution < 1.29 is 13.2 Å². The Balaban J connectivity index is 2.23. The molecule has 1 aromatic heterocycles. The first kappa shape index (κ1) is 21.7. The van der Waals surface area contributed by atoms with E-state index >= 15 is 0 Å². The van der Waals surface area contributed by atoms with E-state index in [-0.39, 0.29) is 0 Å². The van der Waals surface area contributed by atoms with Crippen molar-refractivity contribution in [3.63, 3.8) is 0 Å². The van der Waals surface area contributed by atoms with Crippen LogP contribution in [0, 0.1) is 6.92 Å². The maximum atomic E-state index is 12.6. The number of carbonyl (C=O) groups excluding carboxylic acids is 1. The number of carbonyl (C=O) groups is 1. The van der Waals surface area contributed by atoms with Crippen molar-refractivity contribution in [3.05, 3.63) is 41.4 Å². The topological polar surface area (TPSA) is 92.3 Å². The van der Waals surface area contributed by atoms with Gasteiger partial charge in [0.2, 0.25) is 21.1 Å². The summed E-state index contributed by atoms with van der Waals surface area (Å²) < 4.78 is 26.3. The summed E-state index contributed by atoms with van der Waals surface area (Å²) in [6, 6.07) is 3.83. The van der Waals surface area contributed by atoms with E-state index in [1.54, 1.807) is 18.2 Å². The largest absolute Gasteiger partial charge is 0.299 e. The highest BCUT2D eigenvalue weighted by Gasteiger charge is 2.30. The van der Waals surface area contributed by atoms with Gasteiger partial charge in [-0.15, -0.1) is 16.8 Å². The Morgan fingerprint density at radius 1 is 1.48 bits per heavy atom. The molecule has 1 unspecified atom stereocenters. The van der Waals surface area contributed by atoms with Gasteiger partial charge >= 0.3 is 0 Å². The summed E-state index contributed by atoms with van der Waals surface area (Å²) in [4.78, 5) is 12.6. The lowest BCUT2D eigenvalue weighted by Gasteiger charge is -2.28. The number of halogens is 1. The van der Waals surface area contributed by atoms with E-state index < -0.39 is 22.0 Å². The van der Waals surface area contributed by atoms with Crippen LogP contribution in [-0.4, -0.2) is 42.6 Å². The second kappa shape index (κ2) is 9.05. The van der Waals surface area contributed by atoms with Crippen LogP contribution >= 0.6 is 34.7 Å². The monoisotopic (exact) mass is 446 g/mol. The molecule has 11 heteroatoms. The van der Waals surface area contributed by atoms with Gasteiger partial charge in [-0.05, 0) is 31.5 Å². The van der Waals surface area contributed by atoms with Crippen LogP contribution in [-0.2, 0) is 14.8 Å². The van der Waals surface area contributed by atoms with Crippen molar-refractivity contribution in [1.29, 1.82) is 0 Å². The molecule has 1 heterocycles. The third kappa shape index (κ3) is 5.68. The smallest absolute Gasteiger partial charge is 0.249 e. The lowest BCUT2D eigenvalue weighted by atomic mass is 10.2. The van der Waals surface area contributed by atoms with Gasteiger partial charge in [-0.1, -0.05) is 46.8 Å². The zero-order valence-electron chi connectivity index (χ0n) is 15.0. The maximum absolute atomic E-state index is 12.6. The standard InChI is InChI=1S/C16H19ClN4O3S3/c1-5-8-25-16-20-19-15(26-16)18-14(22)11(3)21(27(4,23)24)12-7-6-10(2)13(17)9-12/h5-7,9,11H,1,8H2,2-4H3,(H,18,19,22). The molecule has 0 aliphatic heterocycles. The first-order chi connectivity index (χ1) is 12.6. The molecule has 0 bridgehead atoms. The molecule has 0 aliphatic carbocycles. The van der Waals surface area contributed by atoms with Gasteiger partial charge in [-0.25, -0.2) is 8.42 Å². The fraction of sp³-hybridized carbons (Fsp3) is 0.312. The van der Waals surface area contributed by atoms with Crippen LogP contribution in [0.25, 0.3) is 0 Å². The predicted molar refractivity (Wildman–Crippen MR) is 112 cm³/mol. The molecular formula is C16H19ClN4O3S3. The minimum Gasteiger partial charge on any atom is -0.299 e. The quantitative estimate of drug-likeness (QED) is 0.378. The molecule has 0 fully saturated rings. The minimum absolute atomic E-state index is 0.300. The van der Waals surface area contributed by atoms with Crippen molar-refractivity contribution >= 4 is 61.4 Å². The van der Waals surface area contributed by atoms with E-state index in [0.717, 1.165) is 16.1 Å². The number of sulfonamides is 1. The first-order valence-electron chi connectivity index (χ1n) is 7.77. The zero-order chi connectivity index (χ0) is 20.2. The number of amides is 1. The average molecular weight is 447 g/mol. The Kier molecular flexibility index (Phi) is 7.26.